The Morgan fingerprint density at radius 3 is 3.08 bits per heavy atom. The number of benzene rings is 1. The fourth-order valence-corrected chi connectivity index (χ4v) is 2.56. The number of nitrogens with one attached hydrogen (secondary N) is 1. The van der Waals surface area contributed by atoms with Crippen LogP contribution in [-0.2, 0) is 16.2 Å². The first kappa shape index (κ1) is 16.0. The number of hydrogen-bond acceptors (Lipinski definition) is 5. The van der Waals surface area contributed by atoms with Crippen molar-refractivity contribution in [3.8, 4) is 5.75 Å². The summed E-state index contributed by atoms with van der Waals surface area (Å²) in [6, 6.07) is 9.44. The van der Waals surface area contributed by atoms with Crippen molar-refractivity contribution in [3.05, 3.63) is 48.3 Å². The van der Waals surface area contributed by atoms with Gasteiger partial charge in [-0.2, -0.15) is 5.10 Å². The van der Waals surface area contributed by atoms with Gasteiger partial charge in [0.2, 0.25) is 6.10 Å². The molecule has 1 atom stereocenters. The third kappa shape index (κ3) is 3.73. The monoisotopic (exact) mass is 328 g/mol. The second-order valence-electron chi connectivity index (χ2n) is 5.45. The summed E-state index contributed by atoms with van der Waals surface area (Å²) in [7, 11) is 1.61. The number of para-hydroxylation sites is 1. The molecule has 0 saturated heterocycles. The van der Waals surface area contributed by atoms with E-state index in [0.29, 0.717) is 13.0 Å². The number of rotatable bonds is 7. The smallest absolute Gasteiger partial charge is 0.264 e. The topological polar surface area (TPSA) is 77.7 Å². The van der Waals surface area contributed by atoms with Crippen LogP contribution in [0.1, 0.15) is 18.4 Å². The average Bonchev–Trinajstić information content (AvgIpc) is 3.30. The van der Waals surface area contributed by atoms with Gasteiger partial charge in [0.05, 0.1) is 12.8 Å². The Balaban J connectivity index is 1.46. The van der Waals surface area contributed by atoms with Crippen molar-refractivity contribution in [2.75, 3.05) is 13.7 Å². The number of oxime groups is 1. The number of ether oxygens (including phenoxy) is 1. The van der Waals surface area contributed by atoms with Gasteiger partial charge in [0, 0.05) is 37.5 Å². The normalized spacial score (nSPS) is 16.4. The summed E-state index contributed by atoms with van der Waals surface area (Å²) in [5.74, 6) is 0.573. The molecule has 1 unspecified atom stereocenters. The Bertz CT molecular complexity index is 712. The molecule has 0 bridgehead atoms. The first-order chi connectivity index (χ1) is 11.8. The van der Waals surface area contributed by atoms with Crippen LogP contribution in [0.15, 0.2) is 47.9 Å². The van der Waals surface area contributed by atoms with Gasteiger partial charge in [0.1, 0.15) is 5.75 Å². The van der Waals surface area contributed by atoms with Crippen molar-refractivity contribution in [1.29, 1.82) is 0 Å². The minimum absolute atomic E-state index is 0.149. The number of amides is 1. The minimum Gasteiger partial charge on any atom is -0.496 e. The lowest BCUT2D eigenvalue weighted by atomic mass is 10.0. The molecular formula is C17H20N4O3. The molecule has 7 nitrogen and oxygen atoms in total. The molecule has 1 aliphatic rings. The molecule has 2 aromatic rings. The third-order valence-corrected chi connectivity index (χ3v) is 3.80. The Morgan fingerprint density at radius 2 is 2.29 bits per heavy atom. The van der Waals surface area contributed by atoms with E-state index in [1.807, 2.05) is 41.2 Å². The van der Waals surface area contributed by atoms with Gasteiger partial charge in [-0.15, -0.1) is 0 Å². The number of aromatic nitrogens is 2. The molecule has 1 N–H and O–H groups in total. The standard InChI is InChI=1S/C17H20N4O3/c1-23-15-7-3-2-6-13(15)14-12-16(24-20-14)17(22)18-8-4-10-21-11-5-9-19-21/h2-3,5-7,9,11,16H,4,8,10,12H2,1H3,(H,18,22). The van der Waals surface area contributed by atoms with E-state index in [9.17, 15) is 4.79 Å². The van der Waals surface area contributed by atoms with Crippen molar-refractivity contribution in [1.82, 2.24) is 15.1 Å². The van der Waals surface area contributed by atoms with E-state index in [1.54, 1.807) is 13.3 Å². The molecule has 1 aromatic heterocycles. The number of aryl methyl sites for hydroxylation is 1. The molecule has 1 aromatic carbocycles. The van der Waals surface area contributed by atoms with Gasteiger partial charge in [-0.05, 0) is 24.6 Å². The molecule has 0 spiro atoms. The molecule has 2 heterocycles. The Labute approximate surface area is 140 Å². The zero-order valence-corrected chi connectivity index (χ0v) is 13.5. The number of carbonyl (C=O) groups is 1. The van der Waals surface area contributed by atoms with E-state index in [1.165, 1.54) is 0 Å². The van der Waals surface area contributed by atoms with Gasteiger partial charge < -0.3 is 14.9 Å². The quantitative estimate of drug-likeness (QED) is 0.783. The number of carbonyl (C=O) groups excluding carboxylic acids is 1. The predicted octanol–water partition coefficient (Wildman–Crippen LogP) is 1.59. The van der Waals surface area contributed by atoms with Crippen LogP contribution >= 0.6 is 0 Å². The lowest BCUT2D eigenvalue weighted by molar-refractivity contribution is -0.131. The molecule has 24 heavy (non-hydrogen) atoms. The van der Waals surface area contributed by atoms with Crippen LogP contribution in [-0.4, -0.2) is 41.2 Å². The van der Waals surface area contributed by atoms with Crippen LogP contribution in [0.2, 0.25) is 0 Å². The van der Waals surface area contributed by atoms with Crippen LogP contribution in [0.5, 0.6) is 5.75 Å². The van der Waals surface area contributed by atoms with Gasteiger partial charge >= 0.3 is 0 Å². The first-order valence-electron chi connectivity index (χ1n) is 7.89. The minimum atomic E-state index is -0.588. The third-order valence-electron chi connectivity index (χ3n) is 3.80. The zero-order valence-electron chi connectivity index (χ0n) is 13.5. The SMILES string of the molecule is COc1ccccc1C1=NOC(C(=O)NCCCn2cccn2)C1. The van der Waals surface area contributed by atoms with E-state index in [2.05, 4.69) is 15.6 Å². The maximum atomic E-state index is 12.2. The highest BCUT2D eigenvalue weighted by Gasteiger charge is 2.29. The number of nitrogens with zero attached hydrogens (tertiary/aromatic N) is 3. The van der Waals surface area contributed by atoms with Crippen molar-refractivity contribution >= 4 is 11.6 Å². The summed E-state index contributed by atoms with van der Waals surface area (Å²) in [4.78, 5) is 17.5. The largest absolute Gasteiger partial charge is 0.496 e. The molecule has 126 valence electrons. The molecule has 0 aliphatic carbocycles. The van der Waals surface area contributed by atoms with E-state index in [0.717, 1.165) is 30.0 Å². The van der Waals surface area contributed by atoms with E-state index in [4.69, 9.17) is 9.57 Å². The van der Waals surface area contributed by atoms with Crippen molar-refractivity contribution in [2.24, 2.45) is 5.16 Å². The maximum absolute atomic E-state index is 12.2. The summed E-state index contributed by atoms with van der Waals surface area (Å²) in [6.07, 6.45) is 4.29. The van der Waals surface area contributed by atoms with Crippen molar-refractivity contribution in [2.45, 2.75) is 25.5 Å². The Hall–Kier alpha value is -2.83. The van der Waals surface area contributed by atoms with E-state index in [-0.39, 0.29) is 5.91 Å². The van der Waals surface area contributed by atoms with E-state index < -0.39 is 6.10 Å². The lowest BCUT2D eigenvalue weighted by Crippen LogP contribution is -2.35. The Morgan fingerprint density at radius 1 is 1.42 bits per heavy atom. The molecule has 3 rings (SSSR count). The first-order valence-corrected chi connectivity index (χ1v) is 7.89. The molecule has 0 saturated carbocycles. The van der Waals surface area contributed by atoms with E-state index >= 15 is 0 Å². The average molecular weight is 328 g/mol. The summed E-state index contributed by atoms with van der Waals surface area (Å²) in [6.45, 7) is 1.34. The van der Waals surface area contributed by atoms with Crippen LogP contribution in [0, 0.1) is 0 Å². The molecule has 1 amide bonds. The predicted molar refractivity (Wildman–Crippen MR) is 88.9 cm³/mol. The molecular weight excluding hydrogens is 308 g/mol. The lowest BCUT2D eigenvalue weighted by Gasteiger charge is -2.10. The highest BCUT2D eigenvalue weighted by molar-refractivity contribution is 6.05. The van der Waals surface area contributed by atoms with Gasteiger partial charge in [0.15, 0.2) is 0 Å². The summed E-state index contributed by atoms with van der Waals surface area (Å²) in [5.41, 5.74) is 1.58. The van der Waals surface area contributed by atoms with Gasteiger partial charge in [-0.1, -0.05) is 17.3 Å². The van der Waals surface area contributed by atoms with Crippen molar-refractivity contribution < 1.29 is 14.4 Å². The van der Waals surface area contributed by atoms with Crippen molar-refractivity contribution in [3.63, 3.8) is 0 Å². The summed E-state index contributed by atoms with van der Waals surface area (Å²) >= 11 is 0. The van der Waals surface area contributed by atoms with Gasteiger partial charge in [0.25, 0.3) is 5.91 Å². The molecule has 7 heteroatoms. The van der Waals surface area contributed by atoms with Crippen LogP contribution in [0.25, 0.3) is 0 Å². The fourth-order valence-electron chi connectivity index (χ4n) is 2.56. The zero-order chi connectivity index (χ0) is 16.8. The number of hydrogen-bond donors (Lipinski definition) is 1. The molecule has 0 fully saturated rings. The van der Waals surface area contributed by atoms with Gasteiger partial charge in [-0.25, -0.2) is 0 Å². The summed E-state index contributed by atoms with van der Waals surface area (Å²) in [5, 5.41) is 11.0. The van der Waals surface area contributed by atoms with Crippen LogP contribution in [0.3, 0.4) is 0 Å². The van der Waals surface area contributed by atoms with Crippen LogP contribution < -0.4 is 10.1 Å². The Kier molecular flexibility index (Phi) is 5.10. The molecule has 1 aliphatic heterocycles. The summed E-state index contributed by atoms with van der Waals surface area (Å²) < 4.78 is 7.16. The number of methoxy groups -OCH3 is 1. The van der Waals surface area contributed by atoms with Crippen LogP contribution in [0.4, 0.5) is 0 Å². The second kappa shape index (κ2) is 7.63. The molecule has 0 radical (unpaired) electrons. The highest BCUT2D eigenvalue weighted by Crippen LogP contribution is 2.24. The second-order valence-corrected chi connectivity index (χ2v) is 5.45. The van der Waals surface area contributed by atoms with Gasteiger partial charge in [-0.3, -0.25) is 9.48 Å². The highest BCUT2D eigenvalue weighted by atomic mass is 16.6. The maximum Gasteiger partial charge on any atom is 0.264 e. The fraction of sp³-hybridized carbons (Fsp3) is 0.353.